The molecule has 0 saturated heterocycles. The summed E-state index contributed by atoms with van der Waals surface area (Å²) in [5, 5.41) is 0. The zero-order valence-corrected chi connectivity index (χ0v) is 13.8. The van der Waals surface area contributed by atoms with Crippen molar-refractivity contribution in [2.45, 2.75) is 66.2 Å². The van der Waals surface area contributed by atoms with Crippen LogP contribution in [0.15, 0.2) is 8.83 Å². The Hall–Kier alpha value is -1.44. The molecule has 0 radical (unpaired) electrons. The van der Waals surface area contributed by atoms with Gasteiger partial charge in [0.15, 0.2) is 11.5 Å². The molecule has 0 aromatic carbocycles. The Morgan fingerprint density at radius 3 is 1.20 bits per heavy atom. The van der Waals surface area contributed by atoms with Crippen molar-refractivity contribution in [1.29, 1.82) is 0 Å². The van der Waals surface area contributed by atoms with E-state index in [2.05, 4.69) is 41.5 Å². The summed E-state index contributed by atoms with van der Waals surface area (Å²) < 4.78 is 12.1. The molecule has 1 aliphatic rings. The molecule has 2 nitrogen and oxygen atoms in total. The van der Waals surface area contributed by atoms with Crippen molar-refractivity contribution >= 4 is 0 Å². The van der Waals surface area contributed by atoms with E-state index in [0.29, 0.717) is 0 Å². The van der Waals surface area contributed by atoms with Crippen LogP contribution in [0.4, 0.5) is 0 Å². The molecule has 2 heteroatoms. The summed E-state index contributed by atoms with van der Waals surface area (Å²) >= 11 is 0. The van der Waals surface area contributed by atoms with Crippen molar-refractivity contribution < 1.29 is 8.83 Å². The number of aryl methyl sites for hydroxylation is 2. The van der Waals surface area contributed by atoms with Gasteiger partial charge < -0.3 is 8.83 Å². The molecule has 1 aliphatic carbocycles. The van der Waals surface area contributed by atoms with Gasteiger partial charge in [-0.05, 0) is 38.8 Å². The van der Waals surface area contributed by atoms with E-state index in [9.17, 15) is 0 Å². The molecule has 2 aromatic heterocycles. The summed E-state index contributed by atoms with van der Waals surface area (Å²) in [5.74, 6) is 3.88. The molecule has 0 unspecified atom stereocenters. The van der Waals surface area contributed by atoms with E-state index in [0.717, 1.165) is 23.0 Å². The van der Waals surface area contributed by atoms with Gasteiger partial charge in [-0.25, -0.2) is 0 Å². The van der Waals surface area contributed by atoms with Crippen LogP contribution in [-0.4, -0.2) is 0 Å². The van der Waals surface area contributed by atoms with Gasteiger partial charge in [-0.15, -0.1) is 0 Å². The molecule has 0 spiro atoms. The van der Waals surface area contributed by atoms with Crippen molar-refractivity contribution in [3.8, 4) is 11.5 Å². The van der Waals surface area contributed by atoms with Crippen LogP contribution in [0.3, 0.4) is 0 Å². The fourth-order valence-corrected chi connectivity index (χ4v) is 3.70. The molecule has 0 atom stereocenters. The topological polar surface area (TPSA) is 26.3 Å². The molecular formula is C18H24O2. The van der Waals surface area contributed by atoms with E-state index in [4.69, 9.17) is 8.83 Å². The Bertz CT molecular complexity index is 646. The molecule has 108 valence electrons. The Labute approximate surface area is 121 Å². The minimum absolute atomic E-state index is 0.0122. The summed E-state index contributed by atoms with van der Waals surface area (Å²) in [4.78, 5) is 0. The van der Waals surface area contributed by atoms with Gasteiger partial charge >= 0.3 is 0 Å². The summed E-state index contributed by atoms with van der Waals surface area (Å²) in [5.41, 5.74) is 5.16. The lowest BCUT2D eigenvalue weighted by Gasteiger charge is -2.45. The van der Waals surface area contributed by atoms with Crippen LogP contribution in [-0.2, 0) is 10.8 Å². The van der Waals surface area contributed by atoms with Gasteiger partial charge in [0.1, 0.15) is 11.5 Å². The largest absolute Gasteiger partial charge is 0.457 e. The second-order valence-electron chi connectivity index (χ2n) is 7.22. The number of fused-ring (bicyclic) bond motifs is 3. The van der Waals surface area contributed by atoms with Gasteiger partial charge in [0.2, 0.25) is 0 Å². The highest BCUT2D eigenvalue weighted by Gasteiger charge is 2.51. The first kappa shape index (κ1) is 13.5. The molecule has 3 rings (SSSR count). The number of furan rings is 2. The minimum atomic E-state index is 0.0122. The summed E-state index contributed by atoms with van der Waals surface area (Å²) in [6.45, 7) is 17.7. The maximum Gasteiger partial charge on any atom is 0.173 e. The van der Waals surface area contributed by atoms with Crippen molar-refractivity contribution in [3.63, 3.8) is 0 Å². The quantitative estimate of drug-likeness (QED) is 0.647. The SMILES string of the molecule is Cc1oc2c(c1C)C(C)(C)C(C)(C)c1c-2oc(C)c1C. The van der Waals surface area contributed by atoms with Gasteiger partial charge in [-0.1, -0.05) is 27.7 Å². The Morgan fingerprint density at radius 2 is 0.900 bits per heavy atom. The van der Waals surface area contributed by atoms with Gasteiger partial charge in [0.05, 0.1) is 0 Å². The number of hydrogen-bond donors (Lipinski definition) is 0. The zero-order valence-electron chi connectivity index (χ0n) is 13.8. The summed E-state index contributed by atoms with van der Waals surface area (Å²) in [7, 11) is 0. The highest BCUT2D eigenvalue weighted by molar-refractivity contribution is 5.73. The maximum atomic E-state index is 6.07. The Kier molecular flexibility index (Phi) is 2.44. The molecule has 2 heterocycles. The van der Waals surface area contributed by atoms with Crippen molar-refractivity contribution in [2.75, 3.05) is 0 Å². The maximum absolute atomic E-state index is 6.07. The van der Waals surface area contributed by atoms with E-state index >= 15 is 0 Å². The van der Waals surface area contributed by atoms with E-state index in [1.807, 2.05) is 13.8 Å². The van der Waals surface area contributed by atoms with Crippen LogP contribution in [0.5, 0.6) is 0 Å². The number of hydrogen-bond acceptors (Lipinski definition) is 2. The fourth-order valence-electron chi connectivity index (χ4n) is 3.70. The van der Waals surface area contributed by atoms with Crippen LogP contribution >= 0.6 is 0 Å². The fraction of sp³-hybridized carbons (Fsp3) is 0.556. The van der Waals surface area contributed by atoms with Crippen molar-refractivity contribution in [3.05, 3.63) is 33.8 Å². The third-order valence-corrected chi connectivity index (χ3v) is 5.79. The van der Waals surface area contributed by atoms with Crippen LogP contribution in [0.2, 0.25) is 0 Å². The van der Waals surface area contributed by atoms with Crippen LogP contribution in [0.1, 0.15) is 61.5 Å². The van der Waals surface area contributed by atoms with Crippen LogP contribution < -0.4 is 0 Å². The molecule has 0 fully saturated rings. The zero-order chi connectivity index (χ0) is 15.0. The lowest BCUT2D eigenvalue weighted by Crippen LogP contribution is -2.43. The van der Waals surface area contributed by atoms with E-state index < -0.39 is 0 Å². The van der Waals surface area contributed by atoms with E-state index in [1.54, 1.807) is 0 Å². The molecule has 2 aromatic rings. The minimum Gasteiger partial charge on any atom is -0.457 e. The third-order valence-electron chi connectivity index (χ3n) is 5.79. The first-order valence-electron chi connectivity index (χ1n) is 7.32. The Morgan fingerprint density at radius 1 is 0.600 bits per heavy atom. The average molecular weight is 272 g/mol. The molecular weight excluding hydrogens is 248 g/mol. The monoisotopic (exact) mass is 272 g/mol. The molecule has 0 aliphatic heterocycles. The molecule has 20 heavy (non-hydrogen) atoms. The third kappa shape index (κ3) is 1.30. The summed E-state index contributed by atoms with van der Waals surface area (Å²) in [6, 6.07) is 0. The lowest BCUT2D eigenvalue weighted by atomic mass is 9.56. The standard InChI is InChI=1S/C18H24O2/c1-9-11(3)19-15-13(9)17(5,6)18(7,8)14-10(2)12(4)20-16(14)15/h1-8H3. The first-order valence-corrected chi connectivity index (χ1v) is 7.32. The number of rotatable bonds is 0. The Balaban J connectivity index is 2.50. The van der Waals surface area contributed by atoms with Gasteiger partial charge in [-0.3, -0.25) is 0 Å². The molecule has 0 saturated carbocycles. The summed E-state index contributed by atoms with van der Waals surface area (Å²) in [6.07, 6.45) is 0. The van der Waals surface area contributed by atoms with Gasteiger partial charge in [0.25, 0.3) is 0 Å². The van der Waals surface area contributed by atoms with Crippen molar-refractivity contribution in [1.82, 2.24) is 0 Å². The predicted molar refractivity (Wildman–Crippen MR) is 81.4 cm³/mol. The van der Waals surface area contributed by atoms with Crippen LogP contribution in [0, 0.1) is 27.7 Å². The van der Waals surface area contributed by atoms with Gasteiger partial charge in [0, 0.05) is 22.0 Å². The van der Waals surface area contributed by atoms with Crippen LogP contribution in [0.25, 0.3) is 11.5 Å². The average Bonchev–Trinajstić information content (AvgIpc) is 2.78. The predicted octanol–water partition coefficient (Wildman–Crippen LogP) is 5.34. The van der Waals surface area contributed by atoms with E-state index in [1.165, 1.54) is 22.3 Å². The van der Waals surface area contributed by atoms with Gasteiger partial charge in [-0.2, -0.15) is 0 Å². The highest BCUT2D eigenvalue weighted by Crippen LogP contribution is 2.57. The van der Waals surface area contributed by atoms with E-state index in [-0.39, 0.29) is 10.8 Å². The highest BCUT2D eigenvalue weighted by atomic mass is 16.4. The smallest absolute Gasteiger partial charge is 0.173 e. The first-order chi connectivity index (χ1) is 9.10. The molecule has 0 N–H and O–H groups in total. The second-order valence-corrected chi connectivity index (χ2v) is 7.22. The molecule has 0 bridgehead atoms. The normalized spacial score (nSPS) is 18.8. The lowest BCUT2D eigenvalue weighted by molar-refractivity contribution is 0.289. The van der Waals surface area contributed by atoms with Crippen molar-refractivity contribution in [2.24, 2.45) is 0 Å². The molecule has 0 amide bonds. The second kappa shape index (κ2) is 3.60.